The van der Waals surface area contributed by atoms with E-state index in [1.54, 1.807) is 4.57 Å². The summed E-state index contributed by atoms with van der Waals surface area (Å²) < 4.78 is 58.4. The molecule has 0 aromatic carbocycles. The average Bonchev–Trinajstić information content (AvgIpc) is 3.32. The summed E-state index contributed by atoms with van der Waals surface area (Å²) in [7, 11) is -5.42. The lowest BCUT2D eigenvalue weighted by Gasteiger charge is -2.23. The molecule has 4 aromatic rings. The lowest BCUT2D eigenvalue weighted by Crippen LogP contribution is -2.37. The fourth-order valence-corrected chi connectivity index (χ4v) is 8.32. The molecule has 21 heteroatoms. The zero-order valence-corrected chi connectivity index (χ0v) is 23.8. The number of aromatic amines is 1. The van der Waals surface area contributed by atoms with Crippen LogP contribution in [0.25, 0.3) is 22.3 Å². The minimum Gasteiger partial charge on any atom is -0.388 e. The molecule has 2 saturated heterocycles. The first-order valence-corrected chi connectivity index (χ1v) is 15.5. The molecule has 6 heterocycles. The molecule has 4 aromatic heterocycles. The molecule has 2 bridgehead atoms. The number of nitrogens with one attached hydrogen (secondary N) is 1. The number of ether oxygens (including phenoxy) is 1. The summed E-state index contributed by atoms with van der Waals surface area (Å²) in [6.45, 7) is -0.293. The smallest absolute Gasteiger partial charge is 0.388 e. The number of nitrogen functional groups attached to an aromatic ring is 2. The molecule has 43 heavy (non-hydrogen) atoms. The van der Waals surface area contributed by atoms with Gasteiger partial charge in [-0.15, -0.1) is 18.1 Å². The van der Waals surface area contributed by atoms with Crippen LogP contribution in [0.4, 0.5) is 11.8 Å². The van der Waals surface area contributed by atoms with Crippen LogP contribution in [0.5, 0.6) is 0 Å². The van der Waals surface area contributed by atoms with E-state index >= 15 is 0 Å². The number of aromatic nitrogens is 8. The first-order chi connectivity index (χ1) is 20.7. The molecule has 8 rings (SSSR count). The molecule has 4 aliphatic rings. The van der Waals surface area contributed by atoms with Gasteiger partial charge in [-0.3, -0.25) is 14.3 Å². The Morgan fingerprint density at radius 3 is 2.67 bits per heavy atom. The molecule has 6 N–H and O–H groups in total. The molecule has 4 fully saturated rings. The van der Waals surface area contributed by atoms with Gasteiger partial charge in [-0.05, 0) is 12.3 Å². The van der Waals surface area contributed by atoms with Crippen LogP contribution < -0.4 is 17.0 Å². The number of hydrogen-bond acceptors (Lipinski definition) is 16. The third-order valence-corrected chi connectivity index (χ3v) is 10.2. The van der Waals surface area contributed by atoms with Crippen molar-refractivity contribution >= 4 is 50.6 Å². The molecule has 2 aliphatic carbocycles. The van der Waals surface area contributed by atoms with Gasteiger partial charge in [0.2, 0.25) is 5.95 Å². The molecule has 224 valence electrons. The highest BCUT2D eigenvalue weighted by Crippen LogP contribution is 2.70. The van der Waals surface area contributed by atoms with E-state index in [4.69, 9.17) is 34.3 Å². The second-order valence-electron chi connectivity index (χ2n) is 11.0. The maximum Gasteiger partial charge on any atom is 0.697 e. The van der Waals surface area contributed by atoms with E-state index in [2.05, 4.69) is 29.9 Å². The SMILES string of the molecule is Nc1nc2c(ncn2[C@@H]2O[C@@H]3CO[P+](=O)O[C@H]4[C@@H](O)[C@H](n5cnc6c(N)ncnc65)[C@H]5CC54CO[P+](=O)O[C@@H]2C3)c(=O)[nH]1. The summed E-state index contributed by atoms with van der Waals surface area (Å²) >= 11 is 0. The van der Waals surface area contributed by atoms with Crippen LogP contribution >= 0.6 is 16.5 Å². The number of rotatable bonds is 2. The van der Waals surface area contributed by atoms with Crippen LogP contribution in [0, 0.1) is 11.3 Å². The zero-order chi connectivity index (χ0) is 29.6. The predicted octanol–water partition coefficient (Wildman–Crippen LogP) is 0.465. The molecule has 10 atom stereocenters. The third kappa shape index (κ3) is 4.19. The van der Waals surface area contributed by atoms with Gasteiger partial charge in [-0.1, -0.05) is 0 Å². The Bertz CT molecular complexity index is 1870. The van der Waals surface area contributed by atoms with Gasteiger partial charge in [0, 0.05) is 21.0 Å². The van der Waals surface area contributed by atoms with Gasteiger partial charge >= 0.3 is 16.5 Å². The number of nitrogens with two attached hydrogens (primary N) is 2. The summed E-state index contributed by atoms with van der Waals surface area (Å²) in [6.07, 6.45) is 0.254. The third-order valence-electron chi connectivity index (χ3n) is 8.62. The van der Waals surface area contributed by atoms with E-state index in [9.17, 15) is 19.0 Å². The highest BCUT2D eigenvalue weighted by Gasteiger charge is 2.75. The summed E-state index contributed by atoms with van der Waals surface area (Å²) in [5, 5.41) is 11.4. The standard InChI is InChI=1S/C22H23N10O9P2/c23-16-11-17(26-5-25-16)31(6-27-11)13-9-2-22(9)4-38-43(36)40-10-1-8(3-37-42(35)41-15(22)14(13)33)39-20(10)32-7-28-12-18(32)29-21(24)30-19(12)34/h5-10,13-15,20,33H,1-4H2,(H4-,23,24,25,26,29,30,34)/q+1/p+1/t8-,9+,10+,13+,14-,15-,20+,22?/m0/s1. The molecule has 19 nitrogen and oxygen atoms in total. The Labute approximate surface area is 241 Å². The number of aliphatic hydroxyl groups is 1. The van der Waals surface area contributed by atoms with E-state index in [0.29, 0.717) is 17.6 Å². The van der Waals surface area contributed by atoms with Crippen molar-refractivity contribution in [1.29, 1.82) is 0 Å². The van der Waals surface area contributed by atoms with Crippen molar-refractivity contribution in [3.05, 3.63) is 29.3 Å². The monoisotopic (exact) mass is 634 g/mol. The largest absolute Gasteiger partial charge is 0.697 e. The Kier molecular flexibility index (Phi) is 6.12. The molecule has 1 spiro atoms. The van der Waals surface area contributed by atoms with E-state index in [-0.39, 0.29) is 48.5 Å². The van der Waals surface area contributed by atoms with Crippen LogP contribution in [-0.4, -0.2) is 81.8 Å². The topological polar surface area (TPSA) is 260 Å². The van der Waals surface area contributed by atoms with Crippen molar-refractivity contribution in [1.82, 2.24) is 39.0 Å². The number of fused-ring (bicyclic) bond motifs is 4. The Morgan fingerprint density at radius 2 is 1.81 bits per heavy atom. The van der Waals surface area contributed by atoms with Crippen LogP contribution in [-0.2, 0) is 32.0 Å². The van der Waals surface area contributed by atoms with E-state index < -0.39 is 64.2 Å². The maximum absolute atomic E-state index is 13.2. The minimum atomic E-state index is -2.72. The Balaban J connectivity index is 1.08. The van der Waals surface area contributed by atoms with Gasteiger partial charge in [0.1, 0.15) is 31.2 Å². The van der Waals surface area contributed by atoms with Crippen molar-refractivity contribution in [3.63, 3.8) is 0 Å². The van der Waals surface area contributed by atoms with Crippen LogP contribution in [0.15, 0.2) is 23.8 Å². The highest BCUT2D eigenvalue weighted by molar-refractivity contribution is 7.33. The van der Waals surface area contributed by atoms with Gasteiger partial charge in [0.25, 0.3) is 5.56 Å². The lowest BCUT2D eigenvalue weighted by atomic mass is 10.0. The maximum atomic E-state index is 13.2. The summed E-state index contributed by atoms with van der Waals surface area (Å²) in [4.78, 5) is 35.5. The highest BCUT2D eigenvalue weighted by atomic mass is 31.1. The number of H-pyrrole nitrogens is 1. The first kappa shape index (κ1) is 27.0. The minimum absolute atomic E-state index is 0.0295. The van der Waals surface area contributed by atoms with Gasteiger partial charge in [0.05, 0.1) is 24.8 Å². The fraction of sp³-hybridized carbons (Fsp3) is 0.545. The van der Waals surface area contributed by atoms with Gasteiger partial charge in [-0.2, -0.15) is 4.98 Å². The molecule has 0 radical (unpaired) electrons. The zero-order valence-electron chi connectivity index (χ0n) is 22.0. The number of nitrogens with zero attached hydrogens (tertiary/aromatic N) is 7. The lowest BCUT2D eigenvalue weighted by molar-refractivity contribution is -0.0518. The summed E-state index contributed by atoms with van der Waals surface area (Å²) in [5.41, 5.74) is 11.3. The van der Waals surface area contributed by atoms with Crippen molar-refractivity contribution in [3.8, 4) is 0 Å². The van der Waals surface area contributed by atoms with Crippen LogP contribution in [0.1, 0.15) is 25.1 Å². The average molecular weight is 634 g/mol. The predicted molar refractivity (Wildman–Crippen MR) is 143 cm³/mol. The van der Waals surface area contributed by atoms with Gasteiger partial charge in [-0.25, -0.2) is 19.9 Å². The summed E-state index contributed by atoms with van der Waals surface area (Å²) in [5.74, 6) is -0.151. The van der Waals surface area contributed by atoms with Crippen molar-refractivity contribution < 1.29 is 37.1 Å². The molecule has 0 amide bonds. The number of anilines is 2. The molecule has 3 unspecified atom stereocenters. The van der Waals surface area contributed by atoms with Crippen molar-refractivity contribution in [2.24, 2.45) is 11.3 Å². The molecular weight excluding hydrogens is 610 g/mol. The Morgan fingerprint density at radius 1 is 1.02 bits per heavy atom. The number of imidazole rings is 2. The van der Waals surface area contributed by atoms with Crippen molar-refractivity contribution in [2.45, 2.75) is 49.5 Å². The fourth-order valence-electron chi connectivity index (χ4n) is 6.63. The number of hydrogen-bond donors (Lipinski definition) is 4. The molecule has 2 aliphatic heterocycles. The molecular formula is C22H24N10O9P2+2. The van der Waals surface area contributed by atoms with Gasteiger partial charge < -0.3 is 25.9 Å². The number of aliphatic hydroxyl groups excluding tert-OH is 1. The van der Waals surface area contributed by atoms with E-state index in [1.165, 1.54) is 23.5 Å². The normalized spacial score (nSPS) is 36.2. The quantitative estimate of drug-likeness (QED) is 0.218. The van der Waals surface area contributed by atoms with Gasteiger partial charge in [0.15, 0.2) is 41.1 Å². The molecule has 2 saturated carbocycles. The second kappa shape index (κ2) is 9.73. The van der Waals surface area contributed by atoms with E-state index in [0.717, 1.165) is 0 Å². The van der Waals surface area contributed by atoms with Crippen LogP contribution in [0.3, 0.4) is 0 Å². The Hall–Kier alpha value is -3.54. The summed E-state index contributed by atoms with van der Waals surface area (Å²) in [6, 6.07) is -0.579. The van der Waals surface area contributed by atoms with Crippen LogP contribution in [0.2, 0.25) is 0 Å². The first-order valence-electron chi connectivity index (χ1n) is 13.3. The van der Waals surface area contributed by atoms with Crippen molar-refractivity contribution in [2.75, 3.05) is 24.7 Å². The van der Waals surface area contributed by atoms with E-state index in [1.807, 2.05) is 0 Å². The second-order valence-corrected chi connectivity index (χ2v) is 12.8.